The van der Waals surface area contributed by atoms with Crippen molar-refractivity contribution in [3.8, 4) is 5.69 Å². The van der Waals surface area contributed by atoms with Crippen molar-refractivity contribution in [2.45, 2.75) is 11.8 Å². The highest BCUT2D eigenvalue weighted by Crippen LogP contribution is 2.23. The Balaban J connectivity index is 1.89. The second kappa shape index (κ2) is 7.74. The van der Waals surface area contributed by atoms with E-state index in [0.29, 0.717) is 16.4 Å². The summed E-state index contributed by atoms with van der Waals surface area (Å²) in [6, 6.07) is 8.01. The van der Waals surface area contributed by atoms with Gasteiger partial charge in [-0.2, -0.15) is 5.10 Å². The third-order valence-corrected chi connectivity index (χ3v) is 6.49. The molecule has 0 radical (unpaired) electrons. The first-order chi connectivity index (χ1) is 13.2. The third kappa shape index (κ3) is 3.79. The predicted molar refractivity (Wildman–Crippen MR) is 104 cm³/mol. The molecule has 0 bridgehead atoms. The van der Waals surface area contributed by atoms with Crippen LogP contribution in [0, 0.1) is 6.92 Å². The van der Waals surface area contributed by atoms with Crippen LogP contribution in [0.25, 0.3) is 5.69 Å². The number of amides is 1. The maximum atomic E-state index is 12.6. The Morgan fingerprint density at radius 1 is 1.21 bits per heavy atom. The number of hydrogen-bond acceptors (Lipinski definition) is 7. The average Bonchev–Trinajstić information content (AvgIpc) is 3.29. The number of sulfonamides is 1. The lowest BCUT2D eigenvalue weighted by molar-refractivity contribution is 0.0602. The van der Waals surface area contributed by atoms with Gasteiger partial charge in [0.25, 0.3) is 15.9 Å². The predicted octanol–water partition coefficient (Wildman–Crippen LogP) is 2.80. The van der Waals surface area contributed by atoms with Gasteiger partial charge in [0.2, 0.25) is 0 Å². The van der Waals surface area contributed by atoms with E-state index in [1.165, 1.54) is 22.3 Å². The summed E-state index contributed by atoms with van der Waals surface area (Å²) in [4.78, 5) is 23.8. The summed E-state index contributed by atoms with van der Waals surface area (Å²) in [6.45, 7) is 1.63. The van der Waals surface area contributed by atoms with Crippen molar-refractivity contribution in [3.63, 3.8) is 0 Å². The number of methoxy groups -OCH3 is 1. The summed E-state index contributed by atoms with van der Waals surface area (Å²) < 4.78 is 33.2. The smallest absolute Gasteiger partial charge is 0.349 e. The molecule has 0 aliphatic heterocycles. The zero-order valence-electron chi connectivity index (χ0n) is 14.7. The Bertz CT molecular complexity index is 1150. The minimum absolute atomic E-state index is 0.0772. The number of carbonyl (C=O) groups is 2. The Hall–Kier alpha value is -2.69. The molecule has 0 unspecified atom stereocenters. The Morgan fingerprint density at radius 3 is 2.54 bits per heavy atom. The highest BCUT2D eigenvalue weighted by atomic mass is 35.5. The van der Waals surface area contributed by atoms with Crippen LogP contribution < -0.4 is 4.72 Å². The molecule has 3 rings (SSSR count). The normalized spacial score (nSPS) is 11.2. The summed E-state index contributed by atoms with van der Waals surface area (Å²) >= 11 is 6.77. The van der Waals surface area contributed by atoms with Crippen LogP contribution in [0.3, 0.4) is 0 Å². The number of nitrogens with one attached hydrogen (secondary N) is 1. The highest BCUT2D eigenvalue weighted by molar-refractivity contribution is 7.90. The van der Waals surface area contributed by atoms with E-state index in [0.717, 1.165) is 18.4 Å². The zero-order valence-corrected chi connectivity index (χ0v) is 17.1. The molecule has 0 saturated carbocycles. The summed E-state index contributed by atoms with van der Waals surface area (Å²) in [7, 11) is -3.13. The zero-order chi connectivity index (χ0) is 20.5. The first-order valence-corrected chi connectivity index (χ1v) is 10.5. The van der Waals surface area contributed by atoms with Crippen molar-refractivity contribution in [1.29, 1.82) is 0 Å². The minimum Gasteiger partial charge on any atom is -0.465 e. The van der Waals surface area contributed by atoms with E-state index < -0.39 is 21.9 Å². The fourth-order valence-corrected chi connectivity index (χ4v) is 4.89. The summed E-state index contributed by atoms with van der Waals surface area (Å²) in [5, 5.41) is 6.11. The van der Waals surface area contributed by atoms with Gasteiger partial charge in [0.15, 0.2) is 0 Å². The number of hydrogen-bond donors (Lipinski definition) is 1. The van der Waals surface area contributed by atoms with Crippen LogP contribution in [0.4, 0.5) is 0 Å². The van der Waals surface area contributed by atoms with Crippen LogP contribution in [-0.2, 0) is 14.8 Å². The third-order valence-electron chi connectivity index (χ3n) is 3.84. The van der Waals surface area contributed by atoms with Crippen molar-refractivity contribution in [2.75, 3.05) is 7.11 Å². The van der Waals surface area contributed by atoms with Gasteiger partial charge < -0.3 is 4.74 Å². The average molecular weight is 440 g/mol. The fourth-order valence-electron chi connectivity index (χ4n) is 2.46. The van der Waals surface area contributed by atoms with Gasteiger partial charge in [-0.3, -0.25) is 4.79 Å². The molecular weight excluding hydrogens is 426 g/mol. The Labute approximate surface area is 169 Å². The van der Waals surface area contributed by atoms with Gasteiger partial charge >= 0.3 is 5.97 Å². The van der Waals surface area contributed by atoms with Crippen LogP contribution >= 0.6 is 22.9 Å². The van der Waals surface area contributed by atoms with E-state index in [4.69, 9.17) is 11.6 Å². The molecule has 2 heterocycles. The number of esters is 1. The van der Waals surface area contributed by atoms with Gasteiger partial charge in [0.05, 0.1) is 30.3 Å². The van der Waals surface area contributed by atoms with Crippen LogP contribution in [0.15, 0.2) is 46.8 Å². The fraction of sp³-hybridized carbons (Fsp3) is 0.118. The molecule has 0 spiro atoms. The standard InChI is InChI=1S/C17H14ClN3O5S2/c1-10-13(9-19-21(10)12-5-3-11(18)4-6-12)16(22)20-28(24,25)14-7-8-27-15(14)17(23)26-2/h3-9H,1-2H3,(H,20,22). The molecule has 2 aromatic heterocycles. The monoisotopic (exact) mass is 439 g/mol. The second-order valence-corrected chi connectivity index (χ2v) is 8.58. The van der Waals surface area contributed by atoms with Crippen LogP contribution in [-0.4, -0.2) is 37.2 Å². The van der Waals surface area contributed by atoms with Gasteiger partial charge in [-0.1, -0.05) is 11.6 Å². The van der Waals surface area contributed by atoms with E-state index in [1.54, 1.807) is 31.2 Å². The molecule has 1 amide bonds. The first kappa shape index (κ1) is 20.1. The lowest BCUT2D eigenvalue weighted by atomic mass is 10.2. The largest absolute Gasteiger partial charge is 0.465 e. The molecule has 11 heteroatoms. The first-order valence-electron chi connectivity index (χ1n) is 7.78. The number of rotatable bonds is 5. The number of ether oxygens (including phenoxy) is 1. The molecule has 3 aromatic rings. The molecule has 28 heavy (non-hydrogen) atoms. The van der Waals surface area contributed by atoms with Crippen LogP contribution in [0.5, 0.6) is 0 Å². The lowest BCUT2D eigenvalue weighted by Gasteiger charge is -2.08. The van der Waals surface area contributed by atoms with Gasteiger partial charge in [0, 0.05) is 5.02 Å². The molecule has 0 saturated heterocycles. The highest BCUT2D eigenvalue weighted by Gasteiger charge is 2.28. The van der Waals surface area contributed by atoms with Crippen molar-refractivity contribution < 1.29 is 22.7 Å². The molecule has 1 aromatic carbocycles. The minimum atomic E-state index is -4.27. The van der Waals surface area contributed by atoms with E-state index in [1.807, 2.05) is 4.72 Å². The number of benzene rings is 1. The van der Waals surface area contributed by atoms with Crippen molar-refractivity contribution in [1.82, 2.24) is 14.5 Å². The second-order valence-electron chi connectivity index (χ2n) is 5.57. The maximum absolute atomic E-state index is 12.6. The number of carbonyl (C=O) groups excluding carboxylic acids is 2. The summed E-state index contributed by atoms with van der Waals surface area (Å²) in [6.07, 6.45) is 1.27. The van der Waals surface area contributed by atoms with E-state index in [-0.39, 0.29) is 15.3 Å². The Kier molecular flexibility index (Phi) is 5.54. The molecule has 0 atom stereocenters. The van der Waals surface area contributed by atoms with Crippen molar-refractivity contribution >= 4 is 44.8 Å². The molecule has 1 N–H and O–H groups in total. The topological polar surface area (TPSA) is 107 Å². The molecule has 0 aliphatic carbocycles. The van der Waals surface area contributed by atoms with Gasteiger partial charge in [0.1, 0.15) is 9.77 Å². The van der Waals surface area contributed by atoms with Crippen molar-refractivity contribution in [2.24, 2.45) is 0 Å². The van der Waals surface area contributed by atoms with Crippen LogP contribution in [0.2, 0.25) is 5.02 Å². The van der Waals surface area contributed by atoms with Crippen molar-refractivity contribution in [3.05, 3.63) is 63.1 Å². The number of nitrogens with zero attached hydrogens (tertiary/aromatic N) is 2. The van der Waals surface area contributed by atoms with E-state index >= 15 is 0 Å². The molecule has 0 fully saturated rings. The van der Waals surface area contributed by atoms with Gasteiger partial charge in [-0.05, 0) is 42.6 Å². The lowest BCUT2D eigenvalue weighted by Crippen LogP contribution is -2.31. The molecule has 0 aliphatic rings. The SMILES string of the molecule is COC(=O)c1sccc1S(=O)(=O)NC(=O)c1cnn(-c2ccc(Cl)cc2)c1C. The number of aromatic nitrogens is 2. The molecule has 146 valence electrons. The van der Waals surface area contributed by atoms with Gasteiger partial charge in [-0.15, -0.1) is 11.3 Å². The summed E-state index contributed by atoms with van der Waals surface area (Å²) in [5.74, 6) is -1.66. The van der Waals surface area contributed by atoms with E-state index in [2.05, 4.69) is 9.84 Å². The van der Waals surface area contributed by atoms with Crippen LogP contribution in [0.1, 0.15) is 25.7 Å². The van der Waals surface area contributed by atoms with E-state index in [9.17, 15) is 18.0 Å². The quantitative estimate of drug-likeness (QED) is 0.612. The molecule has 8 nitrogen and oxygen atoms in total. The Morgan fingerprint density at radius 2 is 1.89 bits per heavy atom. The molecular formula is C17H14ClN3O5S2. The maximum Gasteiger partial charge on any atom is 0.349 e. The number of halogens is 1. The van der Waals surface area contributed by atoms with Gasteiger partial charge in [-0.25, -0.2) is 22.6 Å². The number of thiophene rings is 1. The summed E-state index contributed by atoms with van der Waals surface area (Å²) in [5.41, 5.74) is 1.18.